The van der Waals surface area contributed by atoms with Crippen molar-refractivity contribution in [1.82, 2.24) is 5.32 Å². The Bertz CT molecular complexity index is 293. The van der Waals surface area contributed by atoms with E-state index < -0.39 is 23.7 Å². The molecule has 0 aromatic rings. The molecule has 0 heterocycles. The molecule has 0 aliphatic carbocycles. The predicted octanol–water partition coefficient (Wildman–Crippen LogP) is 1.87. The summed E-state index contributed by atoms with van der Waals surface area (Å²) in [6.45, 7) is 10.6. The molecule has 1 N–H and O–H groups in total. The summed E-state index contributed by atoms with van der Waals surface area (Å²) >= 11 is 0. The van der Waals surface area contributed by atoms with Crippen LogP contribution in [0.2, 0.25) is 0 Å². The summed E-state index contributed by atoms with van der Waals surface area (Å²) in [4.78, 5) is 23.0. The number of ether oxygens (including phenoxy) is 2. The third kappa shape index (κ3) is 5.94. The molecule has 0 unspecified atom stereocenters. The molecule has 5 heteroatoms. The van der Waals surface area contributed by atoms with Crippen molar-refractivity contribution in [1.29, 1.82) is 0 Å². The number of alkyl carbamates (subject to hydrolysis) is 1. The van der Waals surface area contributed by atoms with Gasteiger partial charge >= 0.3 is 12.1 Å². The number of carbonyl (C=O) groups excluding carboxylic acids is 2. The number of esters is 1. The van der Waals surface area contributed by atoms with E-state index in [1.165, 1.54) is 7.11 Å². The fraction of sp³-hybridized carbons (Fsp3) is 0.667. The van der Waals surface area contributed by atoms with Crippen molar-refractivity contribution >= 4 is 12.1 Å². The van der Waals surface area contributed by atoms with Gasteiger partial charge < -0.3 is 14.8 Å². The molecule has 0 spiro atoms. The Morgan fingerprint density at radius 1 is 1.35 bits per heavy atom. The van der Waals surface area contributed by atoms with Gasteiger partial charge in [0.15, 0.2) is 0 Å². The second kappa shape index (κ2) is 6.27. The van der Waals surface area contributed by atoms with Crippen LogP contribution in [0.4, 0.5) is 4.79 Å². The van der Waals surface area contributed by atoms with Gasteiger partial charge in [-0.15, -0.1) is 6.58 Å². The fourth-order valence-electron chi connectivity index (χ4n) is 1.10. The standard InChI is InChI=1S/C12H21NO4/c1-7-8(2)9(10(14)16-6)13-11(15)17-12(3,4)5/h7-9H,1H2,2-6H3,(H,13,15)/t8-,9+/m0/s1. The molecule has 0 bridgehead atoms. The molecule has 0 aromatic carbocycles. The molecule has 5 nitrogen and oxygen atoms in total. The van der Waals surface area contributed by atoms with Gasteiger partial charge in [-0.05, 0) is 20.8 Å². The van der Waals surface area contributed by atoms with Crippen molar-refractivity contribution in [2.24, 2.45) is 5.92 Å². The maximum atomic E-state index is 11.5. The molecule has 2 atom stereocenters. The van der Waals surface area contributed by atoms with Crippen molar-refractivity contribution in [3.63, 3.8) is 0 Å². The summed E-state index contributed by atoms with van der Waals surface area (Å²) in [6, 6.07) is -0.785. The SMILES string of the molecule is C=C[C@H](C)[C@@H](NC(=O)OC(C)(C)C)C(=O)OC. The molecule has 0 radical (unpaired) electrons. The average molecular weight is 243 g/mol. The lowest BCUT2D eigenvalue weighted by molar-refractivity contribution is -0.144. The van der Waals surface area contributed by atoms with Gasteiger partial charge in [-0.3, -0.25) is 0 Å². The zero-order valence-electron chi connectivity index (χ0n) is 11.1. The van der Waals surface area contributed by atoms with Crippen LogP contribution < -0.4 is 5.32 Å². The minimum absolute atomic E-state index is 0.241. The highest BCUT2D eigenvalue weighted by atomic mass is 16.6. The van der Waals surface area contributed by atoms with Gasteiger partial charge in [-0.25, -0.2) is 9.59 Å². The van der Waals surface area contributed by atoms with Crippen LogP contribution in [0.25, 0.3) is 0 Å². The number of rotatable bonds is 4. The summed E-state index contributed by atoms with van der Waals surface area (Å²) in [5, 5.41) is 2.47. The van der Waals surface area contributed by atoms with Crippen LogP contribution in [0.3, 0.4) is 0 Å². The van der Waals surface area contributed by atoms with Crippen LogP contribution >= 0.6 is 0 Å². The zero-order chi connectivity index (χ0) is 13.6. The summed E-state index contributed by atoms with van der Waals surface area (Å²) in [6.07, 6.45) is 0.917. The first kappa shape index (κ1) is 15.5. The zero-order valence-corrected chi connectivity index (χ0v) is 11.1. The van der Waals surface area contributed by atoms with E-state index in [1.54, 1.807) is 33.8 Å². The Kier molecular flexibility index (Phi) is 5.71. The van der Waals surface area contributed by atoms with Crippen LogP contribution in [-0.2, 0) is 14.3 Å². The molecular weight excluding hydrogens is 222 g/mol. The van der Waals surface area contributed by atoms with E-state index in [2.05, 4.69) is 16.6 Å². The Hall–Kier alpha value is -1.52. The Morgan fingerprint density at radius 3 is 2.24 bits per heavy atom. The molecule has 0 aliphatic rings. The van der Waals surface area contributed by atoms with E-state index in [9.17, 15) is 9.59 Å². The second-order valence-electron chi connectivity index (χ2n) is 4.74. The highest BCUT2D eigenvalue weighted by molar-refractivity contribution is 5.81. The van der Waals surface area contributed by atoms with E-state index in [4.69, 9.17) is 4.74 Å². The smallest absolute Gasteiger partial charge is 0.408 e. The van der Waals surface area contributed by atoms with E-state index in [-0.39, 0.29) is 5.92 Å². The predicted molar refractivity (Wildman–Crippen MR) is 64.5 cm³/mol. The quantitative estimate of drug-likeness (QED) is 0.604. The molecule has 0 fully saturated rings. The van der Waals surface area contributed by atoms with E-state index in [0.717, 1.165) is 0 Å². The Balaban J connectivity index is 4.60. The fourth-order valence-corrected chi connectivity index (χ4v) is 1.10. The van der Waals surface area contributed by atoms with Crippen molar-refractivity contribution in [2.45, 2.75) is 39.3 Å². The average Bonchev–Trinajstić information content (AvgIpc) is 2.21. The van der Waals surface area contributed by atoms with Crippen LogP contribution in [0.1, 0.15) is 27.7 Å². The van der Waals surface area contributed by atoms with Gasteiger partial charge in [0.05, 0.1) is 7.11 Å². The van der Waals surface area contributed by atoms with Gasteiger partial charge in [0, 0.05) is 5.92 Å². The first-order chi connectivity index (χ1) is 7.71. The molecule has 1 amide bonds. The molecule has 0 aliphatic heterocycles. The monoisotopic (exact) mass is 243 g/mol. The highest BCUT2D eigenvalue weighted by Crippen LogP contribution is 2.10. The minimum Gasteiger partial charge on any atom is -0.467 e. The van der Waals surface area contributed by atoms with Gasteiger partial charge in [-0.2, -0.15) is 0 Å². The Labute approximate surface area is 102 Å². The summed E-state index contributed by atoms with van der Waals surface area (Å²) in [5.41, 5.74) is -0.609. The van der Waals surface area contributed by atoms with E-state index in [0.29, 0.717) is 0 Å². The number of hydrogen-bond donors (Lipinski definition) is 1. The third-order valence-electron chi connectivity index (χ3n) is 2.02. The normalized spacial score (nSPS) is 14.4. The van der Waals surface area contributed by atoms with Crippen LogP contribution in [0.5, 0.6) is 0 Å². The number of nitrogens with one attached hydrogen (secondary N) is 1. The number of amides is 1. The van der Waals surface area contributed by atoms with Crippen molar-refractivity contribution < 1.29 is 19.1 Å². The molecule has 0 aromatic heterocycles. The summed E-state index contributed by atoms with van der Waals surface area (Å²) in [7, 11) is 1.27. The van der Waals surface area contributed by atoms with E-state index in [1.807, 2.05) is 0 Å². The maximum Gasteiger partial charge on any atom is 0.408 e. The van der Waals surface area contributed by atoms with Crippen molar-refractivity contribution in [2.75, 3.05) is 7.11 Å². The number of methoxy groups -OCH3 is 1. The van der Waals surface area contributed by atoms with Gasteiger partial charge in [0.1, 0.15) is 11.6 Å². The lowest BCUT2D eigenvalue weighted by atomic mass is 10.0. The summed E-state index contributed by atoms with van der Waals surface area (Å²) < 4.78 is 9.67. The molecule has 0 saturated carbocycles. The summed E-state index contributed by atoms with van der Waals surface area (Å²) in [5.74, 6) is -0.766. The molecule has 98 valence electrons. The maximum absolute atomic E-state index is 11.5. The molecule has 0 saturated heterocycles. The Morgan fingerprint density at radius 2 is 1.88 bits per heavy atom. The first-order valence-corrected chi connectivity index (χ1v) is 5.41. The molecule has 17 heavy (non-hydrogen) atoms. The van der Waals surface area contributed by atoms with Crippen LogP contribution in [-0.4, -0.2) is 30.8 Å². The minimum atomic E-state index is -0.785. The first-order valence-electron chi connectivity index (χ1n) is 5.41. The molecular formula is C12H21NO4. The van der Waals surface area contributed by atoms with Gasteiger partial charge in [0.25, 0.3) is 0 Å². The second-order valence-corrected chi connectivity index (χ2v) is 4.74. The molecule has 0 rings (SSSR count). The largest absolute Gasteiger partial charge is 0.467 e. The third-order valence-corrected chi connectivity index (χ3v) is 2.02. The highest BCUT2D eigenvalue weighted by Gasteiger charge is 2.28. The van der Waals surface area contributed by atoms with Gasteiger partial charge in [0.2, 0.25) is 0 Å². The van der Waals surface area contributed by atoms with Crippen molar-refractivity contribution in [3.05, 3.63) is 12.7 Å². The van der Waals surface area contributed by atoms with Crippen LogP contribution in [0.15, 0.2) is 12.7 Å². The lowest BCUT2D eigenvalue weighted by Crippen LogP contribution is -2.47. The van der Waals surface area contributed by atoms with Crippen molar-refractivity contribution in [3.8, 4) is 0 Å². The number of hydrogen-bond acceptors (Lipinski definition) is 4. The number of carbonyl (C=O) groups is 2. The lowest BCUT2D eigenvalue weighted by Gasteiger charge is -2.24. The van der Waals surface area contributed by atoms with Gasteiger partial charge in [-0.1, -0.05) is 13.0 Å². The van der Waals surface area contributed by atoms with E-state index >= 15 is 0 Å². The topological polar surface area (TPSA) is 64.6 Å². The van der Waals surface area contributed by atoms with Crippen LogP contribution in [0, 0.1) is 5.92 Å².